The van der Waals surface area contributed by atoms with E-state index in [1.165, 1.54) is 231 Å². The number of ether oxygens (including phenoxy) is 6. The Labute approximate surface area is 568 Å². The summed E-state index contributed by atoms with van der Waals surface area (Å²) in [6.07, 6.45) is 40.4. The van der Waals surface area contributed by atoms with Gasteiger partial charge < -0.3 is 89.9 Å². The first-order valence-electron chi connectivity index (χ1n) is 38.6. The molecule has 554 valence electrons. The Morgan fingerprint density at radius 2 is 0.702 bits per heavy atom. The van der Waals surface area contributed by atoms with E-state index in [2.05, 4.69) is 43.5 Å². The fourth-order valence-electron chi connectivity index (χ4n) is 13.3. The second kappa shape index (κ2) is 57.0. The first kappa shape index (κ1) is 86.5. The van der Waals surface area contributed by atoms with Crippen LogP contribution in [0.1, 0.15) is 316 Å². The summed E-state index contributed by atoms with van der Waals surface area (Å²) in [5, 5.41) is 120. The monoisotopic (exact) mass is 1340 g/mol. The number of nitrogens with one attached hydrogen (secondary N) is 1. The Morgan fingerprint density at radius 3 is 1.09 bits per heavy atom. The number of carbonyl (C=O) groups excluding carboxylic acids is 1. The van der Waals surface area contributed by atoms with Crippen LogP contribution in [-0.4, -0.2) is 193 Å². The van der Waals surface area contributed by atoms with Gasteiger partial charge >= 0.3 is 0 Å². The number of hydrogen-bond acceptors (Lipinski definition) is 18. The highest BCUT2D eigenvalue weighted by Crippen LogP contribution is 2.33. The molecule has 17 unspecified atom stereocenters. The van der Waals surface area contributed by atoms with Crippen LogP contribution in [0.15, 0.2) is 24.3 Å². The summed E-state index contributed by atoms with van der Waals surface area (Å²) in [5.74, 6) is -0.239. The van der Waals surface area contributed by atoms with Crippen molar-refractivity contribution in [3.05, 3.63) is 24.3 Å². The Hall–Kier alpha value is -1.73. The lowest BCUT2D eigenvalue weighted by molar-refractivity contribution is -0.379. The van der Waals surface area contributed by atoms with Gasteiger partial charge in [-0.1, -0.05) is 289 Å². The fraction of sp³-hybridized carbons (Fsp3) is 0.933. The lowest BCUT2D eigenvalue weighted by atomic mass is 9.96. The Balaban J connectivity index is 1.25. The molecule has 0 aromatic rings. The van der Waals surface area contributed by atoms with Gasteiger partial charge in [-0.25, -0.2) is 0 Å². The zero-order chi connectivity index (χ0) is 68.2. The van der Waals surface area contributed by atoms with Crippen LogP contribution in [0.5, 0.6) is 0 Å². The molecule has 94 heavy (non-hydrogen) atoms. The molecule has 3 aliphatic rings. The Morgan fingerprint density at radius 1 is 0.383 bits per heavy atom. The Kier molecular flexibility index (Phi) is 52.4. The molecule has 0 aromatic heterocycles. The highest BCUT2D eigenvalue weighted by Gasteiger charge is 2.53. The zero-order valence-corrected chi connectivity index (χ0v) is 59.0. The van der Waals surface area contributed by atoms with Crippen LogP contribution in [0.4, 0.5) is 0 Å². The molecular formula is C75H141NO18. The molecule has 0 aliphatic carbocycles. The van der Waals surface area contributed by atoms with E-state index in [4.69, 9.17) is 28.4 Å². The third kappa shape index (κ3) is 37.6. The van der Waals surface area contributed by atoms with Gasteiger partial charge in [0.2, 0.25) is 5.91 Å². The van der Waals surface area contributed by atoms with Gasteiger partial charge in [-0.3, -0.25) is 4.79 Å². The van der Waals surface area contributed by atoms with Crippen molar-refractivity contribution < 1.29 is 89.4 Å². The average Bonchev–Trinajstić information content (AvgIpc) is 0.788. The van der Waals surface area contributed by atoms with Crippen LogP contribution in [0.3, 0.4) is 0 Å². The largest absolute Gasteiger partial charge is 0.394 e. The molecule has 0 radical (unpaired) electrons. The maximum Gasteiger partial charge on any atom is 0.220 e. The number of rotatable bonds is 61. The van der Waals surface area contributed by atoms with Crippen molar-refractivity contribution in [2.24, 2.45) is 0 Å². The molecule has 12 N–H and O–H groups in total. The standard InChI is InChI=1S/C75H141NO18/c1-3-5-7-9-11-13-15-16-17-18-19-20-21-22-23-24-25-26-27-28-29-30-31-32-33-34-35-36-37-38-39-40-41-42-43-45-47-49-51-53-63(81)76-58(59(80)52-50-48-46-44-14-12-10-8-6-4-2)57-89-73-69(87)66(84)71(61(55-78)91-73)94-75-70(88)67(85)72(62(56-79)92-75)93-74-68(86)65(83)64(82)60(54-77)90-74/h15-16,18-19,58-62,64-75,77-80,82-88H,3-14,17,20-57H2,1-2H3,(H,76,81)/b16-15-,19-18-. The predicted molar refractivity (Wildman–Crippen MR) is 370 cm³/mol. The third-order valence-corrected chi connectivity index (χ3v) is 19.5. The summed E-state index contributed by atoms with van der Waals surface area (Å²) in [6, 6.07) is -0.882. The minimum atomic E-state index is -1.97. The fourth-order valence-corrected chi connectivity index (χ4v) is 13.3. The van der Waals surface area contributed by atoms with E-state index < -0.39 is 124 Å². The normalized spacial score (nSPS) is 27.4. The molecule has 19 nitrogen and oxygen atoms in total. The molecule has 0 aromatic carbocycles. The van der Waals surface area contributed by atoms with Crippen molar-refractivity contribution in [2.45, 2.75) is 420 Å². The summed E-state index contributed by atoms with van der Waals surface area (Å²) in [5.41, 5.74) is 0. The number of aliphatic hydroxyl groups excluding tert-OH is 11. The first-order chi connectivity index (χ1) is 45.8. The summed E-state index contributed by atoms with van der Waals surface area (Å²) in [4.78, 5) is 13.4. The van der Waals surface area contributed by atoms with Gasteiger partial charge in [0.15, 0.2) is 18.9 Å². The van der Waals surface area contributed by atoms with Gasteiger partial charge in [0.1, 0.15) is 73.2 Å². The second-order valence-corrected chi connectivity index (χ2v) is 27.8. The number of amides is 1. The van der Waals surface area contributed by atoms with Gasteiger partial charge in [-0.15, -0.1) is 0 Å². The molecule has 0 spiro atoms. The van der Waals surface area contributed by atoms with Crippen molar-refractivity contribution in [3.63, 3.8) is 0 Å². The highest BCUT2D eigenvalue weighted by molar-refractivity contribution is 5.76. The molecule has 3 rings (SSSR count). The SMILES string of the molecule is CCCCCCC/C=C\C/C=C\CCCCCCCCCCCCCCCCCCCCCCCCCCCCCC(=O)NC(COC1OC(CO)C(OC2OC(CO)C(OC3OC(CO)C(O)C(O)C3O)C(O)C2O)C(O)C1O)C(O)CCCCCCCCCCCC. The number of unbranched alkanes of at least 4 members (excludes halogenated alkanes) is 41. The van der Waals surface area contributed by atoms with Crippen LogP contribution in [-0.2, 0) is 33.2 Å². The van der Waals surface area contributed by atoms with Crippen LogP contribution in [0.25, 0.3) is 0 Å². The van der Waals surface area contributed by atoms with Gasteiger partial charge in [-0.2, -0.15) is 0 Å². The number of allylic oxidation sites excluding steroid dienone is 4. The molecule has 1 amide bonds. The van der Waals surface area contributed by atoms with Gasteiger partial charge in [0, 0.05) is 6.42 Å². The summed E-state index contributed by atoms with van der Waals surface area (Å²) in [6.45, 7) is 1.79. The number of aliphatic hydroxyl groups is 11. The molecule has 17 atom stereocenters. The third-order valence-electron chi connectivity index (χ3n) is 19.5. The minimum Gasteiger partial charge on any atom is -0.394 e. The molecule has 3 saturated heterocycles. The smallest absolute Gasteiger partial charge is 0.220 e. The molecule has 3 aliphatic heterocycles. The van der Waals surface area contributed by atoms with Crippen molar-refractivity contribution >= 4 is 5.91 Å². The number of carbonyl (C=O) groups is 1. The lowest BCUT2D eigenvalue weighted by Gasteiger charge is -2.48. The maximum absolute atomic E-state index is 13.4. The van der Waals surface area contributed by atoms with Crippen LogP contribution >= 0.6 is 0 Å². The quantitative estimate of drug-likeness (QED) is 0.0199. The van der Waals surface area contributed by atoms with Crippen molar-refractivity contribution in [1.29, 1.82) is 0 Å². The van der Waals surface area contributed by atoms with E-state index in [0.29, 0.717) is 12.8 Å². The van der Waals surface area contributed by atoms with Gasteiger partial charge in [-0.05, 0) is 44.9 Å². The zero-order valence-electron chi connectivity index (χ0n) is 59.0. The molecular weight excluding hydrogens is 1200 g/mol. The maximum atomic E-state index is 13.4. The van der Waals surface area contributed by atoms with E-state index >= 15 is 0 Å². The van der Waals surface area contributed by atoms with E-state index in [0.717, 1.165) is 51.4 Å². The molecule has 19 heteroatoms. The topological polar surface area (TPSA) is 307 Å². The average molecular weight is 1340 g/mol. The molecule has 3 fully saturated rings. The van der Waals surface area contributed by atoms with Gasteiger partial charge in [0.05, 0.1) is 38.6 Å². The van der Waals surface area contributed by atoms with Crippen molar-refractivity contribution in [2.75, 3.05) is 26.4 Å². The van der Waals surface area contributed by atoms with Crippen LogP contribution < -0.4 is 5.32 Å². The van der Waals surface area contributed by atoms with E-state index in [1.54, 1.807) is 0 Å². The van der Waals surface area contributed by atoms with E-state index in [9.17, 15) is 61.0 Å². The molecule has 3 heterocycles. The van der Waals surface area contributed by atoms with E-state index in [1.807, 2.05) is 0 Å². The van der Waals surface area contributed by atoms with Crippen LogP contribution in [0, 0.1) is 0 Å². The lowest BCUT2D eigenvalue weighted by Crippen LogP contribution is -2.66. The summed E-state index contributed by atoms with van der Waals surface area (Å²) < 4.78 is 34.4. The summed E-state index contributed by atoms with van der Waals surface area (Å²) in [7, 11) is 0. The predicted octanol–water partition coefficient (Wildman–Crippen LogP) is 11.8. The van der Waals surface area contributed by atoms with Crippen molar-refractivity contribution in [3.8, 4) is 0 Å². The second-order valence-electron chi connectivity index (χ2n) is 27.8. The van der Waals surface area contributed by atoms with Crippen molar-refractivity contribution in [1.82, 2.24) is 5.32 Å². The van der Waals surface area contributed by atoms with Gasteiger partial charge in [0.25, 0.3) is 0 Å². The minimum absolute atomic E-state index is 0.239. The number of hydrogen-bond donors (Lipinski definition) is 12. The highest BCUT2D eigenvalue weighted by atomic mass is 16.8. The first-order valence-corrected chi connectivity index (χ1v) is 38.6. The van der Waals surface area contributed by atoms with Crippen LogP contribution in [0.2, 0.25) is 0 Å². The Bertz CT molecular complexity index is 1800. The summed E-state index contributed by atoms with van der Waals surface area (Å²) >= 11 is 0. The molecule has 0 saturated carbocycles. The molecule has 0 bridgehead atoms. The van der Waals surface area contributed by atoms with E-state index in [-0.39, 0.29) is 18.9 Å².